The molecule has 0 aromatic carbocycles. The van der Waals surface area contributed by atoms with Crippen LogP contribution in [0.2, 0.25) is 0 Å². The highest BCUT2D eigenvalue weighted by atomic mass is 32.2. The molecule has 0 spiro atoms. The fraction of sp³-hybridized carbons (Fsp3) is 0.692. The minimum absolute atomic E-state index is 0.224. The molecule has 2 atom stereocenters. The molecule has 1 saturated carbocycles. The summed E-state index contributed by atoms with van der Waals surface area (Å²) in [5, 5.41) is 0. The number of sulfonamides is 1. The van der Waals surface area contributed by atoms with Gasteiger partial charge < -0.3 is 10.2 Å². The van der Waals surface area contributed by atoms with Crippen molar-refractivity contribution >= 4 is 10.0 Å². The Bertz CT molecular complexity index is 567. The monoisotopic (exact) mass is 284 g/mol. The van der Waals surface area contributed by atoms with E-state index in [1.54, 1.807) is 17.3 Å². The molecule has 2 heterocycles. The van der Waals surface area contributed by atoms with Crippen LogP contribution in [0.5, 0.6) is 0 Å². The Morgan fingerprint density at radius 2 is 2.00 bits per heavy atom. The number of fused-ring (bicyclic) bond motifs is 1. The summed E-state index contributed by atoms with van der Waals surface area (Å²) in [5.74, 6) is 2.07. The van der Waals surface area contributed by atoms with E-state index in [4.69, 9.17) is 10.2 Å². The van der Waals surface area contributed by atoms with Gasteiger partial charge in [-0.25, -0.2) is 8.42 Å². The molecule has 5 nitrogen and oxygen atoms in total. The number of hydrogen-bond donors (Lipinski definition) is 1. The molecule has 1 saturated heterocycles. The predicted molar refractivity (Wildman–Crippen MR) is 70.9 cm³/mol. The largest absolute Gasteiger partial charge is 0.464 e. The van der Waals surface area contributed by atoms with Crippen molar-refractivity contribution in [2.75, 3.05) is 13.1 Å². The predicted octanol–water partition coefficient (Wildman–Crippen LogP) is 1.47. The Labute approximate surface area is 113 Å². The first-order chi connectivity index (χ1) is 9.02. The summed E-state index contributed by atoms with van der Waals surface area (Å²) in [6.45, 7) is 3.23. The van der Waals surface area contributed by atoms with E-state index < -0.39 is 10.0 Å². The highest BCUT2D eigenvalue weighted by Gasteiger charge is 2.42. The standard InChI is InChI=1S/C13H20N2O3S/c1-9-13(5-12(6-14)18-9)19(16,17)15-7-10-3-2-4-11(10)8-15/h5,10-11H,2-4,6-8,14H2,1H3. The van der Waals surface area contributed by atoms with Gasteiger partial charge in [0.25, 0.3) is 0 Å². The number of aryl methyl sites for hydroxylation is 1. The van der Waals surface area contributed by atoms with E-state index in [9.17, 15) is 8.42 Å². The lowest BCUT2D eigenvalue weighted by atomic mass is 10.0. The molecule has 0 radical (unpaired) electrons. The molecule has 2 N–H and O–H groups in total. The quantitative estimate of drug-likeness (QED) is 0.912. The fourth-order valence-electron chi connectivity index (χ4n) is 3.41. The van der Waals surface area contributed by atoms with Crippen molar-refractivity contribution in [2.45, 2.75) is 37.6 Å². The van der Waals surface area contributed by atoms with Gasteiger partial charge in [-0.1, -0.05) is 6.42 Å². The molecule has 19 heavy (non-hydrogen) atoms. The van der Waals surface area contributed by atoms with Gasteiger partial charge in [0, 0.05) is 19.2 Å². The van der Waals surface area contributed by atoms with Crippen molar-refractivity contribution in [2.24, 2.45) is 17.6 Å². The number of furan rings is 1. The summed E-state index contributed by atoms with van der Waals surface area (Å²) in [6, 6.07) is 1.57. The van der Waals surface area contributed by atoms with E-state index in [1.165, 1.54) is 6.42 Å². The maximum absolute atomic E-state index is 12.6. The zero-order valence-electron chi connectivity index (χ0n) is 11.1. The van der Waals surface area contributed by atoms with Crippen LogP contribution >= 0.6 is 0 Å². The van der Waals surface area contributed by atoms with Crippen molar-refractivity contribution in [1.29, 1.82) is 0 Å². The zero-order chi connectivity index (χ0) is 13.6. The second kappa shape index (κ2) is 4.61. The van der Waals surface area contributed by atoms with Crippen LogP contribution in [0.15, 0.2) is 15.4 Å². The van der Waals surface area contributed by atoms with Gasteiger partial charge in [0.15, 0.2) is 0 Å². The minimum Gasteiger partial charge on any atom is -0.464 e. The topological polar surface area (TPSA) is 76.5 Å². The molecular weight excluding hydrogens is 264 g/mol. The van der Waals surface area contributed by atoms with Gasteiger partial charge in [0.05, 0.1) is 6.54 Å². The van der Waals surface area contributed by atoms with Crippen molar-refractivity contribution in [3.8, 4) is 0 Å². The average molecular weight is 284 g/mol. The summed E-state index contributed by atoms with van der Waals surface area (Å²) in [4.78, 5) is 0.285. The third-order valence-electron chi connectivity index (χ3n) is 4.44. The Morgan fingerprint density at radius 3 is 2.53 bits per heavy atom. The molecule has 2 aliphatic rings. The fourth-order valence-corrected chi connectivity index (χ4v) is 5.15. The molecule has 0 bridgehead atoms. The van der Waals surface area contributed by atoms with Crippen LogP contribution in [0.3, 0.4) is 0 Å². The van der Waals surface area contributed by atoms with E-state index in [2.05, 4.69) is 0 Å². The molecule has 2 unspecified atom stereocenters. The van der Waals surface area contributed by atoms with Crippen molar-refractivity contribution in [3.05, 3.63) is 17.6 Å². The van der Waals surface area contributed by atoms with Crippen LogP contribution < -0.4 is 5.73 Å². The molecule has 1 aromatic heterocycles. The van der Waals surface area contributed by atoms with Gasteiger partial charge in [-0.3, -0.25) is 0 Å². The number of rotatable bonds is 3. The minimum atomic E-state index is -3.42. The van der Waals surface area contributed by atoms with Gasteiger partial charge >= 0.3 is 0 Å². The first kappa shape index (κ1) is 13.1. The van der Waals surface area contributed by atoms with E-state index in [0.29, 0.717) is 36.4 Å². The molecule has 1 aromatic rings. The summed E-state index contributed by atoms with van der Waals surface area (Å²) in [5.41, 5.74) is 5.50. The zero-order valence-corrected chi connectivity index (χ0v) is 11.9. The lowest BCUT2D eigenvalue weighted by Crippen LogP contribution is -2.29. The smallest absolute Gasteiger partial charge is 0.246 e. The Kier molecular flexibility index (Phi) is 3.19. The van der Waals surface area contributed by atoms with Crippen LogP contribution in [0, 0.1) is 18.8 Å². The van der Waals surface area contributed by atoms with Gasteiger partial charge in [0.1, 0.15) is 16.4 Å². The SMILES string of the molecule is Cc1oc(CN)cc1S(=O)(=O)N1CC2CCCC2C1. The van der Waals surface area contributed by atoms with Crippen LogP contribution in [-0.4, -0.2) is 25.8 Å². The maximum Gasteiger partial charge on any atom is 0.246 e. The van der Waals surface area contributed by atoms with Crippen LogP contribution in [-0.2, 0) is 16.6 Å². The van der Waals surface area contributed by atoms with E-state index >= 15 is 0 Å². The van der Waals surface area contributed by atoms with Crippen molar-refractivity contribution in [3.63, 3.8) is 0 Å². The third-order valence-corrected chi connectivity index (χ3v) is 6.37. The van der Waals surface area contributed by atoms with E-state index in [0.717, 1.165) is 12.8 Å². The molecular formula is C13H20N2O3S. The Morgan fingerprint density at radius 1 is 1.37 bits per heavy atom. The lowest BCUT2D eigenvalue weighted by Gasteiger charge is -2.16. The highest BCUT2D eigenvalue weighted by Crippen LogP contribution is 2.40. The summed E-state index contributed by atoms with van der Waals surface area (Å²) in [7, 11) is -3.42. The van der Waals surface area contributed by atoms with Crippen LogP contribution in [0.1, 0.15) is 30.8 Å². The van der Waals surface area contributed by atoms with Crippen molar-refractivity contribution in [1.82, 2.24) is 4.31 Å². The first-order valence-corrected chi connectivity index (χ1v) is 8.26. The Hall–Kier alpha value is -0.850. The van der Waals surface area contributed by atoms with Gasteiger partial charge in [-0.2, -0.15) is 4.31 Å². The highest BCUT2D eigenvalue weighted by molar-refractivity contribution is 7.89. The summed E-state index contributed by atoms with van der Waals surface area (Å²) >= 11 is 0. The molecule has 1 aliphatic carbocycles. The number of hydrogen-bond acceptors (Lipinski definition) is 4. The second-order valence-electron chi connectivity index (χ2n) is 5.61. The van der Waals surface area contributed by atoms with Gasteiger partial charge in [-0.05, 0) is 31.6 Å². The van der Waals surface area contributed by atoms with E-state index in [1.807, 2.05) is 0 Å². The molecule has 106 valence electrons. The maximum atomic E-state index is 12.6. The lowest BCUT2D eigenvalue weighted by molar-refractivity contribution is 0.440. The van der Waals surface area contributed by atoms with Gasteiger partial charge in [0.2, 0.25) is 10.0 Å². The number of nitrogens with zero attached hydrogens (tertiary/aromatic N) is 1. The molecule has 3 rings (SSSR count). The van der Waals surface area contributed by atoms with E-state index in [-0.39, 0.29) is 11.4 Å². The number of nitrogens with two attached hydrogens (primary N) is 1. The Balaban J connectivity index is 1.88. The second-order valence-corrected chi connectivity index (χ2v) is 7.52. The molecule has 1 aliphatic heterocycles. The molecule has 0 amide bonds. The van der Waals surface area contributed by atoms with Crippen LogP contribution in [0.4, 0.5) is 0 Å². The average Bonchev–Trinajstić information content (AvgIpc) is 3.00. The molecule has 2 fully saturated rings. The van der Waals surface area contributed by atoms with Gasteiger partial charge in [-0.15, -0.1) is 0 Å². The molecule has 6 heteroatoms. The summed E-state index contributed by atoms with van der Waals surface area (Å²) < 4.78 is 32.3. The van der Waals surface area contributed by atoms with Crippen molar-refractivity contribution < 1.29 is 12.8 Å². The normalized spacial score (nSPS) is 27.9. The summed E-state index contributed by atoms with van der Waals surface area (Å²) in [6.07, 6.45) is 3.56. The first-order valence-electron chi connectivity index (χ1n) is 6.82. The third kappa shape index (κ3) is 2.11. The van der Waals surface area contributed by atoms with Crippen LogP contribution in [0.25, 0.3) is 0 Å².